The van der Waals surface area contributed by atoms with Gasteiger partial charge in [-0.25, -0.2) is 4.98 Å². The lowest BCUT2D eigenvalue weighted by Gasteiger charge is -2.12. The molecule has 2 heterocycles. The van der Waals surface area contributed by atoms with Gasteiger partial charge in [0, 0.05) is 37.4 Å². The molecular formula is C13H18N4. The molecule has 2 aromatic heterocycles. The van der Waals surface area contributed by atoms with Crippen LogP contribution in [0.25, 0.3) is 0 Å². The van der Waals surface area contributed by atoms with E-state index < -0.39 is 0 Å². The number of aromatic nitrogens is 3. The maximum absolute atomic E-state index is 4.30. The summed E-state index contributed by atoms with van der Waals surface area (Å²) in [4.78, 5) is 8.40. The van der Waals surface area contributed by atoms with E-state index in [0.29, 0.717) is 6.04 Å². The fourth-order valence-electron chi connectivity index (χ4n) is 1.73. The Morgan fingerprint density at radius 2 is 2.24 bits per heavy atom. The second-order valence-corrected chi connectivity index (χ2v) is 4.29. The molecule has 0 radical (unpaired) electrons. The standard InChI is InChI=1S/C13H18N4/c1-11(2)17-9-8-16-13(17)15-7-5-12-4-3-6-14-10-12/h3-4,6,8-11H,5,7H2,1-2H3,(H,15,16). The highest BCUT2D eigenvalue weighted by Crippen LogP contribution is 2.12. The van der Waals surface area contributed by atoms with Crippen molar-refractivity contribution in [2.24, 2.45) is 0 Å². The molecule has 0 aliphatic carbocycles. The number of pyridine rings is 1. The normalized spacial score (nSPS) is 10.8. The third kappa shape index (κ3) is 3.06. The van der Waals surface area contributed by atoms with Gasteiger partial charge in [-0.15, -0.1) is 0 Å². The molecule has 4 nitrogen and oxygen atoms in total. The van der Waals surface area contributed by atoms with Crippen LogP contribution in [-0.2, 0) is 6.42 Å². The molecule has 2 rings (SSSR count). The van der Waals surface area contributed by atoms with E-state index in [-0.39, 0.29) is 0 Å². The lowest BCUT2D eigenvalue weighted by molar-refractivity contribution is 0.604. The van der Waals surface area contributed by atoms with E-state index in [4.69, 9.17) is 0 Å². The first-order chi connectivity index (χ1) is 8.27. The summed E-state index contributed by atoms with van der Waals surface area (Å²) in [5, 5.41) is 3.35. The van der Waals surface area contributed by atoms with Crippen molar-refractivity contribution in [3.8, 4) is 0 Å². The van der Waals surface area contributed by atoms with E-state index in [1.54, 1.807) is 6.20 Å². The van der Waals surface area contributed by atoms with Crippen LogP contribution in [0.3, 0.4) is 0 Å². The van der Waals surface area contributed by atoms with Crippen molar-refractivity contribution in [2.45, 2.75) is 26.3 Å². The molecule has 2 aromatic rings. The van der Waals surface area contributed by atoms with Gasteiger partial charge in [-0.3, -0.25) is 4.98 Å². The van der Waals surface area contributed by atoms with E-state index in [9.17, 15) is 0 Å². The Hall–Kier alpha value is -1.84. The average molecular weight is 230 g/mol. The molecule has 17 heavy (non-hydrogen) atoms. The third-order valence-electron chi connectivity index (χ3n) is 2.64. The van der Waals surface area contributed by atoms with E-state index in [1.165, 1.54) is 5.56 Å². The van der Waals surface area contributed by atoms with Gasteiger partial charge in [0.25, 0.3) is 0 Å². The number of rotatable bonds is 5. The molecule has 0 aromatic carbocycles. The van der Waals surface area contributed by atoms with Crippen LogP contribution in [0.15, 0.2) is 36.9 Å². The molecule has 0 aliphatic rings. The Morgan fingerprint density at radius 3 is 2.94 bits per heavy atom. The van der Waals surface area contributed by atoms with Gasteiger partial charge in [-0.2, -0.15) is 0 Å². The topological polar surface area (TPSA) is 42.7 Å². The number of hydrogen-bond donors (Lipinski definition) is 1. The van der Waals surface area contributed by atoms with Crippen molar-refractivity contribution in [1.82, 2.24) is 14.5 Å². The summed E-state index contributed by atoms with van der Waals surface area (Å²) >= 11 is 0. The van der Waals surface area contributed by atoms with E-state index >= 15 is 0 Å². The van der Waals surface area contributed by atoms with Crippen LogP contribution >= 0.6 is 0 Å². The summed E-state index contributed by atoms with van der Waals surface area (Å²) in [6, 6.07) is 4.48. The number of nitrogens with zero attached hydrogens (tertiary/aromatic N) is 3. The largest absolute Gasteiger partial charge is 0.355 e. The molecule has 0 unspecified atom stereocenters. The van der Waals surface area contributed by atoms with Crippen molar-refractivity contribution in [1.29, 1.82) is 0 Å². The minimum Gasteiger partial charge on any atom is -0.355 e. The highest BCUT2D eigenvalue weighted by atomic mass is 15.2. The zero-order valence-corrected chi connectivity index (χ0v) is 10.3. The van der Waals surface area contributed by atoms with Crippen molar-refractivity contribution >= 4 is 5.95 Å². The molecule has 4 heteroatoms. The first-order valence-electron chi connectivity index (χ1n) is 5.93. The van der Waals surface area contributed by atoms with Gasteiger partial charge in [0.05, 0.1) is 0 Å². The van der Waals surface area contributed by atoms with Gasteiger partial charge in [0.15, 0.2) is 0 Å². The molecule has 0 bridgehead atoms. The molecule has 0 atom stereocenters. The summed E-state index contributed by atoms with van der Waals surface area (Å²) in [6.07, 6.45) is 8.47. The predicted octanol–water partition coefficient (Wildman–Crippen LogP) is 2.51. The summed E-state index contributed by atoms with van der Waals surface area (Å²) < 4.78 is 2.13. The summed E-state index contributed by atoms with van der Waals surface area (Å²) in [7, 11) is 0. The average Bonchev–Trinajstić information content (AvgIpc) is 2.79. The second-order valence-electron chi connectivity index (χ2n) is 4.29. The fourth-order valence-corrected chi connectivity index (χ4v) is 1.73. The molecule has 0 spiro atoms. The Bertz CT molecular complexity index is 447. The molecular weight excluding hydrogens is 212 g/mol. The highest BCUT2D eigenvalue weighted by molar-refractivity contribution is 5.27. The number of nitrogens with one attached hydrogen (secondary N) is 1. The number of hydrogen-bond acceptors (Lipinski definition) is 3. The number of imidazole rings is 1. The third-order valence-corrected chi connectivity index (χ3v) is 2.64. The smallest absolute Gasteiger partial charge is 0.203 e. The van der Waals surface area contributed by atoms with Crippen LogP contribution in [0.5, 0.6) is 0 Å². The summed E-state index contributed by atoms with van der Waals surface area (Å²) in [6.45, 7) is 5.16. The monoisotopic (exact) mass is 230 g/mol. The predicted molar refractivity (Wildman–Crippen MR) is 69.0 cm³/mol. The van der Waals surface area contributed by atoms with Gasteiger partial charge in [-0.05, 0) is 31.9 Å². The lowest BCUT2D eigenvalue weighted by Crippen LogP contribution is -2.11. The maximum atomic E-state index is 4.30. The Morgan fingerprint density at radius 1 is 1.35 bits per heavy atom. The Labute approximate surface area is 102 Å². The van der Waals surface area contributed by atoms with Crippen LogP contribution < -0.4 is 5.32 Å². The van der Waals surface area contributed by atoms with E-state index in [1.807, 2.05) is 24.7 Å². The van der Waals surface area contributed by atoms with Gasteiger partial charge in [-0.1, -0.05) is 6.07 Å². The molecule has 90 valence electrons. The van der Waals surface area contributed by atoms with Gasteiger partial charge >= 0.3 is 0 Å². The van der Waals surface area contributed by atoms with Crippen molar-refractivity contribution in [3.63, 3.8) is 0 Å². The molecule has 1 N–H and O–H groups in total. The Kier molecular flexibility index (Phi) is 3.75. The molecule has 0 fully saturated rings. The zero-order chi connectivity index (χ0) is 12.1. The molecule has 0 aliphatic heterocycles. The molecule has 0 amide bonds. The minimum atomic E-state index is 0.429. The van der Waals surface area contributed by atoms with Crippen molar-refractivity contribution in [2.75, 3.05) is 11.9 Å². The zero-order valence-electron chi connectivity index (χ0n) is 10.3. The quantitative estimate of drug-likeness (QED) is 0.858. The minimum absolute atomic E-state index is 0.429. The van der Waals surface area contributed by atoms with Crippen molar-refractivity contribution < 1.29 is 0 Å². The summed E-state index contributed by atoms with van der Waals surface area (Å²) in [5.41, 5.74) is 1.24. The first-order valence-corrected chi connectivity index (χ1v) is 5.93. The lowest BCUT2D eigenvalue weighted by atomic mass is 10.2. The van der Waals surface area contributed by atoms with Gasteiger partial charge < -0.3 is 9.88 Å². The van der Waals surface area contributed by atoms with Crippen LogP contribution in [-0.4, -0.2) is 21.1 Å². The number of anilines is 1. The summed E-state index contributed by atoms with van der Waals surface area (Å²) in [5.74, 6) is 0.934. The van der Waals surface area contributed by atoms with Crippen LogP contribution in [0, 0.1) is 0 Å². The molecule has 0 saturated carbocycles. The van der Waals surface area contributed by atoms with Crippen LogP contribution in [0.2, 0.25) is 0 Å². The van der Waals surface area contributed by atoms with Crippen LogP contribution in [0.4, 0.5) is 5.95 Å². The van der Waals surface area contributed by atoms with Gasteiger partial charge in [0.2, 0.25) is 5.95 Å². The maximum Gasteiger partial charge on any atom is 0.203 e. The first kappa shape index (κ1) is 11.6. The van der Waals surface area contributed by atoms with Crippen molar-refractivity contribution in [3.05, 3.63) is 42.5 Å². The molecule has 0 saturated heterocycles. The Balaban J connectivity index is 1.88. The van der Waals surface area contributed by atoms with E-state index in [0.717, 1.165) is 18.9 Å². The SMILES string of the molecule is CC(C)n1ccnc1NCCc1cccnc1. The second kappa shape index (κ2) is 5.48. The van der Waals surface area contributed by atoms with E-state index in [2.05, 4.69) is 39.8 Å². The van der Waals surface area contributed by atoms with Gasteiger partial charge in [0.1, 0.15) is 0 Å². The highest BCUT2D eigenvalue weighted by Gasteiger charge is 2.04. The fraction of sp³-hybridized carbons (Fsp3) is 0.385. The van der Waals surface area contributed by atoms with Crippen LogP contribution in [0.1, 0.15) is 25.5 Å².